The number of anilines is 1. The summed E-state index contributed by atoms with van der Waals surface area (Å²) in [5.41, 5.74) is 7.26. The van der Waals surface area contributed by atoms with Gasteiger partial charge >= 0.3 is 5.97 Å². The van der Waals surface area contributed by atoms with Crippen molar-refractivity contribution in [1.82, 2.24) is 9.80 Å². The summed E-state index contributed by atoms with van der Waals surface area (Å²) < 4.78 is 0. The zero-order chi connectivity index (χ0) is 14.9. The number of carboxylic acid groups (broad SMARTS) is 1. The summed E-state index contributed by atoms with van der Waals surface area (Å²) >= 11 is 0. The van der Waals surface area contributed by atoms with Crippen LogP contribution in [-0.2, 0) is 6.54 Å². The van der Waals surface area contributed by atoms with Crippen molar-refractivity contribution in [3.05, 3.63) is 29.3 Å². The number of carboxylic acids is 1. The zero-order valence-electron chi connectivity index (χ0n) is 12.4. The Bertz CT molecular complexity index is 514. The van der Waals surface area contributed by atoms with E-state index in [0.717, 1.165) is 25.2 Å². The van der Waals surface area contributed by atoms with Crippen molar-refractivity contribution in [2.45, 2.75) is 25.9 Å². The van der Waals surface area contributed by atoms with E-state index in [-0.39, 0.29) is 11.1 Å². The highest BCUT2D eigenvalue weighted by Gasteiger charge is 2.31. The Morgan fingerprint density at radius 2 is 2.10 bits per heavy atom. The average Bonchev–Trinajstić information content (AvgIpc) is 2.33. The molecule has 0 atom stereocenters. The minimum atomic E-state index is -0.952. The van der Waals surface area contributed by atoms with E-state index in [4.69, 9.17) is 5.73 Å². The first kappa shape index (κ1) is 14.8. The molecule has 1 aliphatic heterocycles. The molecule has 1 aromatic rings. The Morgan fingerprint density at radius 3 is 2.70 bits per heavy atom. The summed E-state index contributed by atoms with van der Waals surface area (Å²) in [4.78, 5) is 16.0. The highest BCUT2D eigenvalue weighted by molar-refractivity contribution is 5.95. The molecular weight excluding hydrogens is 254 g/mol. The third-order valence-electron chi connectivity index (χ3n) is 4.19. The maximum Gasteiger partial charge on any atom is 0.338 e. The van der Waals surface area contributed by atoms with Crippen LogP contribution < -0.4 is 5.73 Å². The third-order valence-corrected chi connectivity index (χ3v) is 4.19. The van der Waals surface area contributed by atoms with Gasteiger partial charge in [-0.25, -0.2) is 4.79 Å². The maximum absolute atomic E-state index is 11.4. The van der Waals surface area contributed by atoms with Crippen LogP contribution in [0.2, 0.25) is 0 Å². The van der Waals surface area contributed by atoms with Crippen LogP contribution in [0.15, 0.2) is 18.2 Å². The first-order valence-electron chi connectivity index (χ1n) is 6.85. The highest BCUT2D eigenvalue weighted by Crippen LogP contribution is 2.23. The largest absolute Gasteiger partial charge is 0.478 e. The number of hydrogen-bond acceptors (Lipinski definition) is 4. The fourth-order valence-electron chi connectivity index (χ4n) is 2.73. The van der Waals surface area contributed by atoms with Gasteiger partial charge in [0.15, 0.2) is 0 Å². The second-order valence-corrected chi connectivity index (χ2v) is 6.13. The third kappa shape index (κ3) is 2.94. The standard InChI is InChI=1S/C15H23N3O2/c1-15(2)10-18(8-7-17(15)3)9-11-5-4-6-12(16)13(11)14(19)20/h4-6H,7-10,16H2,1-3H3,(H,19,20). The van der Waals surface area contributed by atoms with Gasteiger partial charge in [-0.1, -0.05) is 12.1 Å². The van der Waals surface area contributed by atoms with Crippen molar-refractivity contribution >= 4 is 11.7 Å². The fraction of sp³-hybridized carbons (Fsp3) is 0.533. The zero-order valence-corrected chi connectivity index (χ0v) is 12.4. The highest BCUT2D eigenvalue weighted by atomic mass is 16.4. The second-order valence-electron chi connectivity index (χ2n) is 6.13. The van der Waals surface area contributed by atoms with Crippen LogP contribution in [0.3, 0.4) is 0 Å². The molecule has 5 heteroatoms. The molecule has 1 aromatic carbocycles. The van der Waals surface area contributed by atoms with E-state index < -0.39 is 5.97 Å². The number of benzene rings is 1. The predicted octanol–water partition coefficient (Wildman–Crippen LogP) is 1.49. The molecule has 20 heavy (non-hydrogen) atoms. The van der Waals surface area contributed by atoms with Crippen LogP contribution in [0.5, 0.6) is 0 Å². The van der Waals surface area contributed by atoms with Gasteiger partial charge < -0.3 is 10.8 Å². The topological polar surface area (TPSA) is 69.8 Å². The van der Waals surface area contributed by atoms with Gasteiger partial charge in [-0.2, -0.15) is 0 Å². The lowest BCUT2D eigenvalue weighted by molar-refractivity contribution is 0.0357. The summed E-state index contributed by atoms with van der Waals surface area (Å²) in [5, 5.41) is 9.31. The number of piperazine rings is 1. The molecule has 0 saturated carbocycles. The van der Waals surface area contributed by atoms with Crippen molar-refractivity contribution in [1.29, 1.82) is 0 Å². The van der Waals surface area contributed by atoms with Crippen molar-refractivity contribution in [3.8, 4) is 0 Å². The van der Waals surface area contributed by atoms with E-state index in [1.54, 1.807) is 6.07 Å². The predicted molar refractivity (Wildman–Crippen MR) is 79.8 cm³/mol. The molecule has 110 valence electrons. The van der Waals surface area contributed by atoms with E-state index in [2.05, 4.69) is 30.7 Å². The number of hydrogen-bond donors (Lipinski definition) is 2. The molecule has 1 aliphatic rings. The number of nitrogen functional groups attached to an aromatic ring is 1. The Labute approximate surface area is 120 Å². The van der Waals surface area contributed by atoms with Gasteiger partial charge in [-0.3, -0.25) is 9.80 Å². The molecule has 3 N–H and O–H groups in total. The van der Waals surface area contributed by atoms with Crippen LogP contribution in [-0.4, -0.2) is 53.1 Å². The first-order valence-corrected chi connectivity index (χ1v) is 6.85. The average molecular weight is 277 g/mol. The fourth-order valence-corrected chi connectivity index (χ4v) is 2.73. The molecule has 0 aromatic heterocycles. The molecule has 0 amide bonds. The van der Waals surface area contributed by atoms with Crippen LogP contribution in [0.25, 0.3) is 0 Å². The molecule has 0 aliphatic carbocycles. The second kappa shape index (κ2) is 5.42. The lowest BCUT2D eigenvalue weighted by Gasteiger charge is -2.45. The van der Waals surface area contributed by atoms with Gasteiger partial charge in [0.2, 0.25) is 0 Å². The normalized spacial score (nSPS) is 19.9. The Balaban J connectivity index is 2.19. The molecule has 0 unspecified atom stereocenters. The lowest BCUT2D eigenvalue weighted by atomic mass is 9.98. The van der Waals surface area contributed by atoms with E-state index in [0.29, 0.717) is 12.2 Å². The first-order chi connectivity index (χ1) is 9.31. The lowest BCUT2D eigenvalue weighted by Crippen LogP contribution is -2.57. The quantitative estimate of drug-likeness (QED) is 0.819. The van der Waals surface area contributed by atoms with Crippen molar-refractivity contribution in [3.63, 3.8) is 0 Å². The van der Waals surface area contributed by atoms with Crippen molar-refractivity contribution < 1.29 is 9.90 Å². The SMILES string of the molecule is CN1CCN(Cc2cccc(N)c2C(=O)O)CC1(C)C. The van der Waals surface area contributed by atoms with Gasteiger partial charge in [-0.15, -0.1) is 0 Å². The Hall–Kier alpha value is -1.59. The molecule has 1 heterocycles. The summed E-state index contributed by atoms with van der Waals surface area (Å²) in [7, 11) is 2.13. The molecule has 1 saturated heterocycles. The molecule has 0 bridgehead atoms. The molecule has 2 rings (SSSR count). The number of rotatable bonds is 3. The molecule has 0 radical (unpaired) electrons. The molecule has 1 fully saturated rings. The number of nitrogens with two attached hydrogens (primary N) is 1. The summed E-state index contributed by atoms with van der Waals surface area (Å²) in [6, 6.07) is 5.31. The van der Waals surface area contributed by atoms with Gasteiger partial charge in [0.25, 0.3) is 0 Å². The molecular formula is C15H23N3O2. The number of carbonyl (C=O) groups is 1. The van der Waals surface area contributed by atoms with Crippen LogP contribution >= 0.6 is 0 Å². The van der Waals surface area contributed by atoms with E-state index in [1.807, 2.05) is 12.1 Å². The van der Waals surface area contributed by atoms with Gasteiger partial charge in [0.1, 0.15) is 0 Å². The minimum Gasteiger partial charge on any atom is -0.478 e. The van der Waals surface area contributed by atoms with Crippen LogP contribution in [0.1, 0.15) is 29.8 Å². The van der Waals surface area contributed by atoms with Gasteiger partial charge in [0, 0.05) is 37.4 Å². The van der Waals surface area contributed by atoms with Gasteiger partial charge in [-0.05, 0) is 32.5 Å². The summed E-state index contributed by atoms with van der Waals surface area (Å²) in [6.07, 6.45) is 0. The Morgan fingerprint density at radius 1 is 1.40 bits per heavy atom. The monoisotopic (exact) mass is 277 g/mol. The van der Waals surface area contributed by atoms with Crippen molar-refractivity contribution in [2.75, 3.05) is 32.4 Å². The van der Waals surface area contributed by atoms with Crippen LogP contribution in [0.4, 0.5) is 5.69 Å². The summed E-state index contributed by atoms with van der Waals surface area (Å²) in [5.74, 6) is -0.952. The van der Waals surface area contributed by atoms with E-state index in [1.165, 1.54) is 0 Å². The van der Waals surface area contributed by atoms with Crippen molar-refractivity contribution in [2.24, 2.45) is 0 Å². The number of likely N-dealkylation sites (N-methyl/N-ethyl adjacent to an activating group) is 1. The molecule has 5 nitrogen and oxygen atoms in total. The molecule has 0 spiro atoms. The number of aromatic carboxylic acids is 1. The van der Waals surface area contributed by atoms with Gasteiger partial charge in [0.05, 0.1) is 5.56 Å². The summed E-state index contributed by atoms with van der Waals surface area (Å²) in [6.45, 7) is 7.88. The minimum absolute atomic E-state index is 0.0992. The van der Waals surface area contributed by atoms with E-state index in [9.17, 15) is 9.90 Å². The Kier molecular flexibility index (Phi) is 4.01. The van der Waals surface area contributed by atoms with E-state index >= 15 is 0 Å². The maximum atomic E-state index is 11.4. The number of nitrogens with zero attached hydrogens (tertiary/aromatic N) is 2. The smallest absolute Gasteiger partial charge is 0.338 e. The van der Waals surface area contributed by atoms with Crippen LogP contribution in [0, 0.1) is 0 Å².